The molecule has 0 saturated heterocycles. The lowest BCUT2D eigenvalue weighted by Gasteiger charge is -2.23. The molecule has 0 aromatic heterocycles. The van der Waals surface area contributed by atoms with E-state index in [2.05, 4.69) is 106 Å². The molecule has 0 aliphatic rings. The summed E-state index contributed by atoms with van der Waals surface area (Å²) in [6.45, 7) is 3.07. The third kappa shape index (κ3) is 5.84. The summed E-state index contributed by atoms with van der Waals surface area (Å²) in [5, 5.41) is 0. The molecular weight excluding hydrogens is 370 g/mol. The molecule has 0 N–H and O–H groups in total. The zero-order valence-corrected chi connectivity index (χ0v) is 16.0. The van der Waals surface area contributed by atoms with E-state index in [9.17, 15) is 0 Å². The van der Waals surface area contributed by atoms with Crippen molar-refractivity contribution in [2.45, 2.75) is 25.9 Å². The van der Waals surface area contributed by atoms with Crippen LogP contribution in [0.2, 0.25) is 0 Å². The van der Waals surface area contributed by atoms with Gasteiger partial charge in [-0.2, -0.15) is 0 Å². The van der Waals surface area contributed by atoms with Gasteiger partial charge in [0, 0.05) is 17.6 Å². The van der Waals surface area contributed by atoms with Crippen LogP contribution in [-0.2, 0) is 19.5 Å². The third-order valence-corrected chi connectivity index (χ3v) is 5.15. The summed E-state index contributed by atoms with van der Waals surface area (Å²) in [4.78, 5) is 2.54. The number of aryl methyl sites for hydroxylation is 1. The summed E-state index contributed by atoms with van der Waals surface area (Å²) in [7, 11) is 0. The van der Waals surface area contributed by atoms with E-state index in [-0.39, 0.29) is 0 Å². The second kappa shape index (κ2) is 9.55. The van der Waals surface area contributed by atoms with Crippen molar-refractivity contribution < 1.29 is 0 Å². The average molecular weight is 394 g/mol. The van der Waals surface area contributed by atoms with Crippen LogP contribution in [0.25, 0.3) is 0 Å². The SMILES string of the molecule is Brc1ccccc1CCCN(Cc1ccccc1)Cc1ccccc1. The highest BCUT2D eigenvalue weighted by Crippen LogP contribution is 2.18. The molecule has 3 aromatic carbocycles. The number of hydrogen-bond acceptors (Lipinski definition) is 1. The molecule has 128 valence electrons. The predicted octanol–water partition coefficient (Wildman–Crippen LogP) is 6.08. The normalized spacial score (nSPS) is 11.0. The molecule has 0 fully saturated rings. The molecule has 0 atom stereocenters. The van der Waals surface area contributed by atoms with Crippen molar-refractivity contribution in [2.24, 2.45) is 0 Å². The fourth-order valence-electron chi connectivity index (χ4n) is 3.09. The lowest BCUT2D eigenvalue weighted by Crippen LogP contribution is -2.24. The lowest BCUT2D eigenvalue weighted by atomic mass is 10.1. The van der Waals surface area contributed by atoms with Crippen molar-refractivity contribution in [1.29, 1.82) is 0 Å². The van der Waals surface area contributed by atoms with Crippen molar-refractivity contribution in [1.82, 2.24) is 4.90 Å². The summed E-state index contributed by atoms with van der Waals surface area (Å²) in [5.41, 5.74) is 4.14. The Morgan fingerprint density at radius 2 is 1.16 bits per heavy atom. The summed E-state index contributed by atoms with van der Waals surface area (Å²) in [5.74, 6) is 0. The van der Waals surface area contributed by atoms with E-state index < -0.39 is 0 Å². The quantitative estimate of drug-likeness (QED) is 0.447. The van der Waals surface area contributed by atoms with Gasteiger partial charge in [0.2, 0.25) is 0 Å². The van der Waals surface area contributed by atoms with Crippen molar-refractivity contribution in [3.63, 3.8) is 0 Å². The van der Waals surface area contributed by atoms with Gasteiger partial charge in [-0.05, 0) is 42.1 Å². The van der Waals surface area contributed by atoms with Crippen molar-refractivity contribution >= 4 is 15.9 Å². The minimum absolute atomic E-state index is 0.992. The Labute approximate surface area is 159 Å². The predicted molar refractivity (Wildman–Crippen MR) is 109 cm³/mol. The van der Waals surface area contributed by atoms with Gasteiger partial charge in [0.1, 0.15) is 0 Å². The summed E-state index contributed by atoms with van der Waals surface area (Å²) < 4.78 is 1.22. The number of halogens is 1. The topological polar surface area (TPSA) is 3.24 Å². The van der Waals surface area contributed by atoms with Crippen LogP contribution in [0.3, 0.4) is 0 Å². The highest BCUT2D eigenvalue weighted by Gasteiger charge is 2.08. The molecule has 0 amide bonds. The molecule has 3 aromatic rings. The molecule has 1 nitrogen and oxygen atoms in total. The fraction of sp³-hybridized carbons (Fsp3) is 0.217. The van der Waals surface area contributed by atoms with Gasteiger partial charge in [-0.15, -0.1) is 0 Å². The molecular formula is C23H24BrN. The summed E-state index contributed by atoms with van der Waals surface area (Å²) in [6, 6.07) is 30.0. The van der Waals surface area contributed by atoms with Crippen LogP contribution >= 0.6 is 15.9 Å². The van der Waals surface area contributed by atoms with Crippen LogP contribution < -0.4 is 0 Å². The second-order valence-corrected chi connectivity index (χ2v) is 7.23. The minimum atomic E-state index is 0.992. The van der Waals surface area contributed by atoms with E-state index in [1.807, 2.05) is 0 Å². The monoisotopic (exact) mass is 393 g/mol. The maximum absolute atomic E-state index is 3.66. The maximum Gasteiger partial charge on any atom is 0.0237 e. The summed E-state index contributed by atoms with van der Waals surface area (Å²) >= 11 is 3.66. The first kappa shape index (κ1) is 17.9. The number of benzene rings is 3. The van der Waals surface area contributed by atoms with Crippen molar-refractivity contribution in [3.05, 3.63) is 106 Å². The summed E-state index contributed by atoms with van der Waals surface area (Å²) in [6.07, 6.45) is 2.25. The Hall–Kier alpha value is -1.90. The standard InChI is InChI=1S/C23H24BrN/c24-23-16-8-7-14-22(23)15-9-17-25(18-20-10-3-1-4-11-20)19-21-12-5-2-6-13-21/h1-8,10-14,16H,9,15,17-19H2. The molecule has 0 unspecified atom stereocenters. The Bertz CT molecular complexity index is 714. The molecule has 3 rings (SSSR count). The Balaban J connectivity index is 1.62. The Morgan fingerprint density at radius 1 is 0.640 bits per heavy atom. The van der Waals surface area contributed by atoms with E-state index >= 15 is 0 Å². The van der Waals surface area contributed by atoms with Gasteiger partial charge in [0.15, 0.2) is 0 Å². The van der Waals surface area contributed by atoms with Crippen LogP contribution in [-0.4, -0.2) is 11.4 Å². The smallest absolute Gasteiger partial charge is 0.0237 e. The van der Waals surface area contributed by atoms with Crippen LogP contribution in [0, 0.1) is 0 Å². The van der Waals surface area contributed by atoms with E-state index in [0.29, 0.717) is 0 Å². The van der Waals surface area contributed by atoms with Gasteiger partial charge in [-0.25, -0.2) is 0 Å². The minimum Gasteiger partial charge on any atom is -0.295 e. The highest BCUT2D eigenvalue weighted by molar-refractivity contribution is 9.10. The van der Waals surface area contributed by atoms with E-state index in [4.69, 9.17) is 0 Å². The molecule has 0 saturated carbocycles. The molecule has 0 aliphatic carbocycles. The number of rotatable bonds is 8. The molecule has 0 radical (unpaired) electrons. The van der Waals surface area contributed by atoms with Gasteiger partial charge in [0.25, 0.3) is 0 Å². The number of nitrogens with zero attached hydrogens (tertiary/aromatic N) is 1. The molecule has 0 spiro atoms. The van der Waals surface area contributed by atoms with Crippen molar-refractivity contribution in [2.75, 3.05) is 6.54 Å². The second-order valence-electron chi connectivity index (χ2n) is 6.38. The van der Waals surface area contributed by atoms with Gasteiger partial charge in [-0.3, -0.25) is 4.90 Å². The van der Waals surface area contributed by atoms with Crippen LogP contribution in [0.15, 0.2) is 89.4 Å². The fourth-order valence-corrected chi connectivity index (χ4v) is 3.57. The van der Waals surface area contributed by atoms with Gasteiger partial charge < -0.3 is 0 Å². The Morgan fingerprint density at radius 3 is 1.72 bits per heavy atom. The Kier molecular flexibility index (Phi) is 6.84. The van der Waals surface area contributed by atoms with Gasteiger partial charge >= 0.3 is 0 Å². The zero-order chi connectivity index (χ0) is 17.3. The van der Waals surface area contributed by atoms with Crippen LogP contribution in [0.1, 0.15) is 23.1 Å². The molecule has 25 heavy (non-hydrogen) atoms. The first-order valence-electron chi connectivity index (χ1n) is 8.85. The maximum atomic E-state index is 3.66. The molecule has 0 heterocycles. The average Bonchev–Trinajstić information content (AvgIpc) is 2.65. The lowest BCUT2D eigenvalue weighted by molar-refractivity contribution is 0.253. The highest BCUT2D eigenvalue weighted by atomic mass is 79.9. The number of hydrogen-bond donors (Lipinski definition) is 0. The van der Waals surface area contributed by atoms with Gasteiger partial charge in [0.05, 0.1) is 0 Å². The first-order chi connectivity index (χ1) is 12.3. The first-order valence-corrected chi connectivity index (χ1v) is 9.64. The largest absolute Gasteiger partial charge is 0.295 e. The molecule has 2 heteroatoms. The van der Waals surface area contributed by atoms with E-state index in [1.54, 1.807) is 0 Å². The van der Waals surface area contributed by atoms with Crippen LogP contribution in [0.5, 0.6) is 0 Å². The molecule has 0 aliphatic heterocycles. The van der Waals surface area contributed by atoms with E-state index in [1.165, 1.54) is 21.2 Å². The van der Waals surface area contributed by atoms with E-state index in [0.717, 1.165) is 32.5 Å². The third-order valence-electron chi connectivity index (χ3n) is 4.38. The van der Waals surface area contributed by atoms with Crippen molar-refractivity contribution in [3.8, 4) is 0 Å². The van der Waals surface area contributed by atoms with Gasteiger partial charge in [-0.1, -0.05) is 94.8 Å². The molecule has 0 bridgehead atoms. The zero-order valence-electron chi connectivity index (χ0n) is 14.4. The van der Waals surface area contributed by atoms with Crippen LogP contribution in [0.4, 0.5) is 0 Å².